The van der Waals surface area contributed by atoms with Gasteiger partial charge in [0.2, 0.25) is 5.91 Å². The average molecular weight is 404 g/mol. The molecule has 29 heavy (non-hydrogen) atoms. The average Bonchev–Trinajstić information content (AvgIpc) is 2.81. The molecule has 0 bridgehead atoms. The van der Waals surface area contributed by atoms with Gasteiger partial charge in [-0.25, -0.2) is 0 Å². The number of nitrogens with zero attached hydrogens (tertiary/aromatic N) is 1. The Kier molecular flexibility index (Phi) is 8.25. The minimum absolute atomic E-state index is 0. The monoisotopic (exact) mass is 404 g/mol. The number of amides is 2. The van der Waals surface area contributed by atoms with Gasteiger partial charge in [0.05, 0.1) is 5.69 Å². The largest absolute Gasteiger partial charge is 1.00 e. The predicted molar refractivity (Wildman–Crippen MR) is 101 cm³/mol. The van der Waals surface area contributed by atoms with Crippen LogP contribution in [0, 0.1) is 5.92 Å². The molecule has 0 spiro atoms. The minimum Gasteiger partial charge on any atom is -0.550 e. The number of likely N-dealkylation sites (N-methyl/N-ethyl adjacent to an activating group) is 1. The fourth-order valence-corrected chi connectivity index (χ4v) is 3.17. The zero-order chi connectivity index (χ0) is 20.1. The van der Waals surface area contributed by atoms with Gasteiger partial charge in [-0.15, -0.1) is 0 Å². The molecule has 146 valence electrons. The Morgan fingerprint density at radius 2 is 1.83 bits per heavy atom. The Morgan fingerprint density at radius 3 is 2.52 bits per heavy atom. The van der Waals surface area contributed by atoms with Crippen LogP contribution < -0.4 is 49.6 Å². The van der Waals surface area contributed by atoms with E-state index in [-0.39, 0.29) is 54.9 Å². The molecule has 1 aliphatic heterocycles. The number of carbonyl (C=O) groups is 3. The van der Waals surface area contributed by atoms with Crippen molar-refractivity contribution in [2.45, 2.75) is 18.9 Å². The number of carboxylic acid groups (broad SMARTS) is 1. The van der Waals surface area contributed by atoms with E-state index in [1.54, 1.807) is 55.6 Å². The summed E-state index contributed by atoms with van der Waals surface area (Å²) in [6.07, 6.45) is -0.102. The molecule has 0 radical (unpaired) electrons. The minimum atomic E-state index is -1.30. The first-order chi connectivity index (χ1) is 13.5. The molecule has 2 atom stereocenters. The van der Waals surface area contributed by atoms with E-state index >= 15 is 0 Å². The summed E-state index contributed by atoms with van der Waals surface area (Å²) in [5.41, 5.74) is 1.41. The molecule has 0 saturated carbocycles. The molecule has 0 fully saturated rings. The number of ether oxygens (including phenoxy) is 1. The zero-order valence-electron chi connectivity index (χ0n) is 16.5. The van der Waals surface area contributed by atoms with Gasteiger partial charge in [0, 0.05) is 25.4 Å². The third-order valence-corrected chi connectivity index (χ3v) is 4.69. The predicted octanol–water partition coefficient (Wildman–Crippen LogP) is -2.47. The number of anilines is 1. The number of benzene rings is 2. The number of fused-ring (bicyclic) bond motifs is 1. The molecular formula is C21H21N2NaO5. The number of aliphatic carboxylic acids is 1. The first-order valence-corrected chi connectivity index (χ1v) is 8.99. The standard InChI is InChI=1S/C21H22N2O5.Na/c1-23-17-9-5-6-10-18(17)28-13-16(20(23)25)22-19(24)12-15(21(26)27)11-14-7-3-2-4-8-14;/h2-10,15-16H,11-13H2,1H3,(H,22,24)(H,26,27);/q;+1/p-1/t15?,16-;/m1./s1. The van der Waals surface area contributed by atoms with Crippen LogP contribution in [0.4, 0.5) is 5.69 Å². The van der Waals surface area contributed by atoms with E-state index in [1.807, 2.05) is 6.07 Å². The SMILES string of the molecule is CN1C(=O)[C@H](NC(=O)CC(Cc2ccccc2)C(=O)[O-])COc2ccccc21.[Na+]. The summed E-state index contributed by atoms with van der Waals surface area (Å²) in [5, 5.41) is 14.1. The summed E-state index contributed by atoms with van der Waals surface area (Å²) >= 11 is 0. The molecule has 1 aliphatic rings. The second-order valence-corrected chi connectivity index (χ2v) is 6.71. The van der Waals surface area contributed by atoms with Crippen molar-refractivity contribution in [1.29, 1.82) is 0 Å². The van der Waals surface area contributed by atoms with Crippen LogP contribution in [0.15, 0.2) is 54.6 Å². The maximum absolute atomic E-state index is 12.7. The van der Waals surface area contributed by atoms with Crippen LogP contribution >= 0.6 is 0 Å². The van der Waals surface area contributed by atoms with Gasteiger partial charge in [-0.3, -0.25) is 9.59 Å². The van der Waals surface area contributed by atoms with Gasteiger partial charge in [0.1, 0.15) is 18.4 Å². The van der Waals surface area contributed by atoms with Crippen LogP contribution in [0.5, 0.6) is 5.75 Å². The van der Waals surface area contributed by atoms with Crippen molar-refractivity contribution < 1.29 is 53.8 Å². The number of hydrogen-bond donors (Lipinski definition) is 1. The molecule has 1 heterocycles. The Morgan fingerprint density at radius 1 is 1.17 bits per heavy atom. The van der Waals surface area contributed by atoms with Gasteiger partial charge in [-0.1, -0.05) is 42.5 Å². The van der Waals surface area contributed by atoms with E-state index in [2.05, 4.69) is 5.32 Å². The Hall–Kier alpha value is -2.35. The number of carboxylic acids is 1. The molecule has 2 aromatic carbocycles. The van der Waals surface area contributed by atoms with Crippen LogP contribution in [0.3, 0.4) is 0 Å². The topological polar surface area (TPSA) is 98.8 Å². The van der Waals surface area contributed by atoms with E-state index in [0.29, 0.717) is 11.4 Å². The van der Waals surface area contributed by atoms with E-state index < -0.39 is 23.8 Å². The molecule has 2 aromatic rings. The van der Waals surface area contributed by atoms with Crippen molar-refractivity contribution in [2.24, 2.45) is 5.92 Å². The van der Waals surface area contributed by atoms with E-state index in [1.165, 1.54) is 4.90 Å². The normalized spacial score (nSPS) is 16.5. The maximum atomic E-state index is 12.7. The quantitative estimate of drug-likeness (QED) is 0.538. The molecule has 0 aromatic heterocycles. The van der Waals surface area contributed by atoms with Crippen LogP contribution in [-0.4, -0.2) is 37.5 Å². The van der Waals surface area contributed by atoms with E-state index in [0.717, 1.165) is 5.56 Å². The van der Waals surface area contributed by atoms with Gasteiger partial charge in [0.15, 0.2) is 0 Å². The van der Waals surface area contributed by atoms with Gasteiger partial charge >= 0.3 is 29.6 Å². The summed E-state index contributed by atoms with van der Waals surface area (Å²) in [6.45, 7) is -0.0272. The Balaban J connectivity index is 0.00000300. The van der Waals surface area contributed by atoms with Crippen molar-refractivity contribution in [3.63, 3.8) is 0 Å². The smallest absolute Gasteiger partial charge is 0.550 e. The van der Waals surface area contributed by atoms with Crippen LogP contribution in [0.2, 0.25) is 0 Å². The number of para-hydroxylation sites is 2. The summed E-state index contributed by atoms with van der Waals surface area (Å²) in [5.74, 6) is -2.60. The van der Waals surface area contributed by atoms with Crippen molar-refractivity contribution in [1.82, 2.24) is 5.32 Å². The molecule has 0 aliphatic carbocycles. The summed E-state index contributed by atoms with van der Waals surface area (Å²) in [6, 6.07) is 15.2. The second-order valence-electron chi connectivity index (χ2n) is 6.71. The van der Waals surface area contributed by atoms with E-state index in [9.17, 15) is 19.5 Å². The molecule has 7 nitrogen and oxygen atoms in total. The van der Waals surface area contributed by atoms with Crippen LogP contribution in [-0.2, 0) is 20.8 Å². The second kappa shape index (κ2) is 10.4. The first kappa shape index (κ1) is 22.9. The van der Waals surface area contributed by atoms with E-state index in [4.69, 9.17) is 4.74 Å². The molecule has 2 amide bonds. The van der Waals surface area contributed by atoms with Crippen molar-refractivity contribution in [3.05, 3.63) is 60.2 Å². The molecule has 8 heteroatoms. The first-order valence-electron chi connectivity index (χ1n) is 8.99. The van der Waals surface area contributed by atoms with Gasteiger partial charge < -0.3 is 24.9 Å². The van der Waals surface area contributed by atoms with Gasteiger partial charge in [-0.2, -0.15) is 0 Å². The Bertz CT molecular complexity index is 874. The number of hydrogen-bond acceptors (Lipinski definition) is 5. The van der Waals surface area contributed by atoms with Gasteiger partial charge in [0.25, 0.3) is 5.91 Å². The summed E-state index contributed by atoms with van der Waals surface area (Å²) < 4.78 is 5.64. The summed E-state index contributed by atoms with van der Waals surface area (Å²) in [4.78, 5) is 38.0. The fraction of sp³-hybridized carbons (Fsp3) is 0.286. The molecule has 0 saturated heterocycles. The number of rotatable bonds is 6. The Labute approximate surface area is 191 Å². The molecule has 3 rings (SSSR count). The molecule has 1 unspecified atom stereocenters. The van der Waals surface area contributed by atoms with Gasteiger partial charge in [-0.05, 0) is 24.1 Å². The van der Waals surface area contributed by atoms with Crippen molar-refractivity contribution in [2.75, 3.05) is 18.6 Å². The number of nitrogens with one attached hydrogen (secondary N) is 1. The van der Waals surface area contributed by atoms with Crippen LogP contribution in [0.1, 0.15) is 12.0 Å². The van der Waals surface area contributed by atoms with Crippen molar-refractivity contribution >= 4 is 23.5 Å². The molecular weight excluding hydrogens is 383 g/mol. The fourth-order valence-electron chi connectivity index (χ4n) is 3.17. The van der Waals surface area contributed by atoms with Crippen LogP contribution in [0.25, 0.3) is 0 Å². The summed E-state index contributed by atoms with van der Waals surface area (Å²) in [7, 11) is 1.61. The third-order valence-electron chi connectivity index (χ3n) is 4.69. The third kappa shape index (κ3) is 5.82. The maximum Gasteiger partial charge on any atom is 1.00 e. The zero-order valence-corrected chi connectivity index (χ0v) is 18.5. The molecule has 1 N–H and O–H groups in total. The number of carbonyl (C=O) groups excluding carboxylic acids is 3. The van der Waals surface area contributed by atoms with Crippen molar-refractivity contribution in [3.8, 4) is 5.75 Å².